The molecule has 20 heavy (non-hydrogen) atoms. The van der Waals surface area contributed by atoms with E-state index in [1.807, 2.05) is 6.92 Å². The second-order valence-corrected chi connectivity index (χ2v) is 6.51. The summed E-state index contributed by atoms with van der Waals surface area (Å²) in [6.07, 6.45) is 0. The van der Waals surface area contributed by atoms with E-state index in [4.69, 9.17) is 11.6 Å². The predicted molar refractivity (Wildman–Crippen MR) is 82.0 cm³/mol. The topological polar surface area (TPSA) is 46.5 Å². The van der Waals surface area contributed by atoms with Crippen molar-refractivity contribution >= 4 is 27.3 Å². The summed E-state index contributed by atoms with van der Waals surface area (Å²) in [7, 11) is -3.68. The zero-order valence-electron chi connectivity index (χ0n) is 11.2. The number of nitrogens with zero attached hydrogens (tertiary/aromatic N) is 1. The molecule has 0 aliphatic heterocycles. The van der Waals surface area contributed by atoms with Crippen molar-refractivity contribution < 1.29 is 8.42 Å². The summed E-state index contributed by atoms with van der Waals surface area (Å²) in [5.74, 6) is 0. The Morgan fingerprint density at radius 2 is 1.55 bits per heavy atom. The molecular formula is C15H14ClNO2S. The first-order chi connectivity index (χ1) is 9.38. The van der Waals surface area contributed by atoms with Crippen molar-refractivity contribution in [3.63, 3.8) is 0 Å². The molecule has 0 aliphatic rings. The van der Waals surface area contributed by atoms with E-state index in [-0.39, 0.29) is 4.90 Å². The molecule has 0 fully saturated rings. The van der Waals surface area contributed by atoms with Crippen LogP contribution >= 0.6 is 11.6 Å². The molecule has 0 saturated heterocycles. The summed E-state index contributed by atoms with van der Waals surface area (Å²) in [6.45, 7) is 3.56. The molecule has 0 atom stereocenters. The zero-order chi connectivity index (χ0) is 14.8. The molecule has 2 rings (SSSR count). The van der Waals surface area contributed by atoms with Gasteiger partial charge in [0, 0.05) is 5.02 Å². The summed E-state index contributed by atoms with van der Waals surface area (Å²) < 4.78 is 28.2. The van der Waals surface area contributed by atoms with Gasteiger partial charge in [-0.1, -0.05) is 41.4 Å². The summed E-state index contributed by atoms with van der Waals surface area (Å²) >= 11 is 5.80. The molecular weight excluding hydrogens is 294 g/mol. The number of sulfonamides is 1. The van der Waals surface area contributed by atoms with E-state index in [0.717, 1.165) is 11.1 Å². The first-order valence-electron chi connectivity index (χ1n) is 6.03. The molecule has 104 valence electrons. The van der Waals surface area contributed by atoms with Gasteiger partial charge in [-0.2, -0.15) is 12.8 Å². The van der Waals surface area contributed by atoms with Crippen molar-refractivity contribution in [1.29, 1.82) is 0 Å². The predicted octanol–water partition coefficient (Wildman–Crippen LogP) is 3.85. The van der Waals surface area contributed by atoms with Crippen LogP contribution in [0.3, 0.4) is 0 Å². The number of aryl methyl sites for hydroxylation is 1. The van der Waals surface area contributed by atoms with E-state index in [9.17, 15) is 8.42 Å². The van der Waals surface area contributed by atoms with Crippen LogP contribution in [0.1, 0.15) is 18.1 Å². The van der Waals surface area contributed by atoms with Gasteiger partial charge in [0.05, 0.1) is 10.6 Å². The van der Waals surface area contributed by atoms with Gasteiger partial charge in [-0.15, -0.1) is 0 Å². The lowest BCUT2D eigenvalue weighted by Crippen LogP contribution is -2.03. The maximum absolute atomic E-state index is 12.2. The number of hydrogen-bond donors (Lipinski definition) is 0. The maximum Gasteiger partial charge on any atom is 0.282 e. The molecule has 0 saturated carbocycles. The second-order valence-electron chi connectivity index (χ2n) is 4.47. The van der Waals surface area contributed by atoms with Crippen LogP contribution in [-0.2, 0) is 10.0 Å². The molecule has 0 aromatic heterocycles. The van der Waals surface area contributed by atoms with Crippen LogP contribution < -0.4 is 0 Å². The summed E-state index contributed by atoms with van der Waals surface area (Å²) in [6, 6.07) is 13.5. The lowest BCUT2D eigenvalue weighted by Gasteiger charge is -2.03. The van der Waals surface area contributed by atoms with Crippen molar-refractivity contribution in [2.75, 3.05) is 0 Å². The highest BCUT2D eigenvalue weighted by Gasteiger charge is 2.13. The monoisotopic (exact) mass is 307 g/mol. The first kappa shape index (κ1) is 14.8. The summed E-state index contributed by atoms with van der Waals surface area (Å²) in [4.78, 5) is 0.191. The Hall–Kier alpha value is -1.65. The molecule has 2 aromatic rings. The van der Waals surface area contributed by atoms with Crippen LogP contribution in [0.4, 0.5) is 0 Å². The number of benzene rings is 2. The molecule has 0 amide bonds. The third kappa shape index (κ3) is 3.46. The van der Waals surface area contributed by atoms with Crippen LogP contribution in [0.25, 0.3) is 0 Å². The van der Waals surface area contributed by atoms with Crippen molar-refractivity contribution in [1.82, 2.24) is 0 Å². The Kier molecular flexibility index (Phi) is 4.26. The van der Waals surface area contributed by atoms with Gasteiger partial charge in [-0.3, -0.25) is 0 Å². The van der Waals surface area contributed by atoms with Crippen molar-refractivity contribution in [3.05, 3.63) is 64.7 Å². The molecule has 5 heteroatoms. The minimum Gasteiger partial charge on any atom is -0.199 e. The van der Waals surface area contributed by atoms with Crippen molar-refractivity contribution in [2.24, 2.45) is 4.40 Å². The highest BCUT2D eigenvalue weighted by Crippen LogP contribution is 2.16. The van der Waals surface area contributed by atoms with Gasteiger partial charge in [0.2, 0.25) is 0 Å². The SMILES string of the molecule is C/C(=N\S(=O)(=O)c1ccc(C)cc1)c1ccc(Cl)cc1. The fourth-order valence-corrected chi connectivity index (χ4v) is 2.86. The summed E-state index contributed by atoms with van der Waals surface area (Å²) in [5, 5.41) is 0.600. The second kappa shape index (κ2) is 5.77. The average molecular weight is 308 g/mol. The minimum absolute atomic E-state index is 0.191. The molecule has 0 bridgehead atoms. The van der Waals surface area contributed by atoms with E-state index in [1.165, 1.54) is 0 Å². The third-order valence-corrected chi connectivity index (χ3v) is 4.47. The Morgan fingerprint density at radius 1 is 1.00 bits per heavy atom. The van der Waals surface area contributed by atoms with Crippen molar-refractivity contribution in [2.45, 2.75) is 18.7 Å². The Labute approximate surface area is 124 Å². The van der Waals surface area contributed by atoms with Gasteiger partial charge >= 0.3 is 0 Å². The maximum atomic E-state index is 12.2. The highest BCUT2D eigenvalue weighted by atomic mass is 35.5. The molecule has 0 N–H and O–H groups in total. The number of halogens is 1. The van der Waals surface area contributed by atoms with Crippen LogP contribution in [0.15, 0.2) is 57.8 Å². The zero-order valence-corrected chi connectivity index (χ0v) is 12.7. The van der Waals surface area contributed by atoms with Crippen LogP contribution in [0, 0.1) is 6.92 Å². The first-order valence-corrected chi connectivity index (χ1v) is 7.84. The lowest BCUT2D eigenvalue weighted by molar-refractivity contribution is 0.598. The quantitative estimate of drug-likeness (QED) is 0.809. The molecule has 0 aliphatic carbocycles. The summed E-state index contributed by atoms with van der Waals surface area (Å²) in [5.41, 5.74) is 2.16. The fourth-order valence-electron chi connectivity index (χ4n) is 1.69. The minimum atomic E-state index is -3.68. The molecule has 0 unspecified atom stereocenters. The van der Waals surface area contributed by atoms with Gasteiger partial charge in [0.1, 0.15) is 0 Å². The third-order valence-electron chi connectivity index (χ3n) is 2.84. The number of hydrogen-bond acceptors (Lipinski definition) is 2. The van der Waals surface area contributed by atoms with Gasteiger partial charge in [0.25, 0.3) is 10.0 Å². The van der Waals surface area contributed by atoms with E-state index in [2.05, 4.69) is 4.40 Å². The van der Waals surface area contributed by atoms with E-state index in [1.54, 1.807) is 55.5 Å². The molecule has 3 nitrogen and oxygen atoms in total. The van der Waals surface area contributed by atoms with Crippen LogP contribution in [0.2, 0.25) is 5.02 Å². The van der Waals surface area contributed by atoms with Crippen molar-refractivity contribution in [3.8, 4) is 0 Å². The molecule has 0 radical (unpaired) electrons. The van der Waals surface area contributed by atoms with E-state index < -0.39 is 10.0 Å². The van der Waals surface area contributed by atoms with Gasteiger partial charge in [-0.05, 0) is 43.7 Å². The average Bonchev–Trinajstić information content (AvgIpc) is 2.39. The van der Waals surface area contributed by atoms with E-state index >= 15 is 0 Å². The molecule has 0 spiro atoms. The van der Waals surface area contributed by atoms with E-state index in [0.29, 0.717) is 10.7 Å². The number of rotatable bonds is 3. The standard InChI is InChI=1S/C15H14ClNO2S/c1-11-3-9-15(10-4-11)20(18,19)17-12(2)13-5-7-14(16)8-6-13/h3-10H,1-2H3/b17-12+. The van der Waals surface area contributed by atoms with Gasteiger partial charge < -0.3 is 0 Å². The van der Waals surface area contributed by atoms with Crippen LogP contribution in [0.5, 0.6) is 0 Å². The normalized spacial score (nSPS) is 12.4. The van der Waals surface area contributed by atoms with Gasteiger partial charge in [0.15, 0.2) is 0 Å². The molecule has 0 heterocycles. The Bertz CT molecular complexity index is 732. The van der Waals surface area contributed by atoms with Crippen LogP contribution in [-0.4, -0.2) is 14.1 Å². The Balaban J connectivity index is 2.37. The lowest BCUT2D eigenvalue weighted by atomic mass is 10.1. The van der Waals surface area contributed by atoms with Gasteiger partial charge in [-0.25, -0.2) is 0 Å². The smallest absolute Gasteiger partial charge is 0.199 e. The largest absolute Gasteiger partial charge is 0.282 e. The highest BCUT2D eigenvalue weighted by molar-refractivity contribution is 7.90. The fraction of sp³-hybridized carbons (Fsp3) is 0.133. The Morgan fingerprint density at radius 3 is 2.10 bits per heavy atom. The molecule has 2 aromatic carbocycles.